The molecule has 0 amide bonds. The van der Waals surface area contributed by atoms with E-state index in [4.69, 9.17) is 0 Å². The van der Waals surface area contributed by atoms with Crippen LogP contribution in [0, 0.1) is 13.0 Å². The number of hydrogen-bond acceptors (Lipinski definition) is 1. The van der Waals surface area contributed by atoms with Crippen LogP contribution >= 0.6 is 0 Å². The summed E-state index contributed by atoms with van der Waals surface area (Å²) in [5.41, 5.74) is 4.70. The van der Waals surface area contributed by atoms with Crippen LogP contribution in [0.3, 0.4) is 0 Å². The van der Waals surface area contributed by atoms with Crippen LogP contribution in [0.15, 0.2) is 24.3 Å². The van der Waals surface area contributed by atoms with E-state index in [1.807, 2.05) is 10.7 Å². The molecule has 0 bridgehead atoms. The summed E-state index contributed by atoms with van der Waals surface area (Å²) in [5.74, 6) is 0. The molecule has 1 radical (unpaired) electrons. The van der Waals surface area contributed by atoms with Gasteiger partial charge in [0.1, 0.15) is 0 Å². The third-order valence-corrected chi connectivity index (χ3v) is 2.73. The molecule has 0 unspecified atom stereocenters. The summed E-state index contributed by atoms with van der Waals surface area (Å²) in [6.07, 6.45) is 1.99. The van der Waals surface area contributed by atoms with Crippen molar-refractivity contribution in [3.63, 3.8) is 0 Å². The van der Waals surface area contributed by atoms with Crippen LogP contribution in [-0.4, -0.2) is 9.78 Å². The summed E-state index contributed by atoms with van der Waals surface area (Å²) in [6, 6.07) is 11.5. The maximum Gasteiger partial charge on any atom is 0.0651 e. The normalized spacial score (nSPS) is 10.7. The Morgan fingerprint density at radius 1 is 1.25 bits per heavy atom. The van der Waals surface area contributed by atoms with Crippen molar-refractivity contribution in [1.82, 2.24) is 9.78 Å². The molecule has 0 N–H and O–H groups in total. The largest absolute Gasteiger partial charge is 0.238 e. The van der Waals surface area contributed by atoms with Crippen molar-refractivity contribution < 1.29 is 0 Å². The fraction of sp³-hybridized carbons (Fsp3) is 0.357. The predicted octanol–water partition coefficient (Wildman–Crippen LogP) is 3.11. The van der Waals surface area contributed by atoms with Gasteiger partial charge in [-0.25, -0.2) is 4.68 Å². The van der Waals surface area contributed by atoms with Gasteiger partial charge in [-0.05, 0) is 49.6 Å². The fourth-order valence-electron chi connectivity index (χ4n) is 1.83. The lowest BCUT2D eigenvalue weighted by atomic mass is 10.2. The van der Waals surface area contributed by atoms with Gasteiger partial charge in [-0.2, -0.15) is 5.10 Å². The van der Waals surface area contributed by atoms with Gasteiger partial charge in [-0.1, -0.05) is 19.9 Å². The zero-order valence-corrected chi connectivity index (χ0v) is 10.1. The van der Waals surface area contributed by atoms with E-state index in [9.17, 15) is 0 Å². The molecule has 83 valence electrons. The Morgan fingerprint density at radius 3 is 2.69 bits per heavy atom. The van der Waals surface area contributed by atoms with E-state index in [2.05, 4.69) is 50.1 Å². The summed E-state index contributed by atoms with van der Waals surface area (Å²) in [7, 11) is 0. The molecule has 2 rings (SSSR count). The molecule has 1 aromatic carbocycles. The SMILES string of the molecule is CCc1cc(CC)n(-c2cc[c]c(C)c2)n1. The molecule has 0 atom stereocenters. The molecule has 0 aliphatic carbocycles. The van der Waals surface area contributed by atoms with E-state index < -0.39 is 0 Å². The molecule has 2 heteroatoms. The Balaban J connectivity index is 2.50. The molecule has 1 aromatic heterocycles. The van der Waals surface area contributed by atoms with Crippen molar-refractivity contribution in [1.29, 1.82) is 0 Å². The monoisotopic (exact) mass is 213 g/mol. The minimum atomic E-state index is 0.984. The van der Waals surface area contributed by atoms with Gasteiger partial charge in [0.25, 0.3) is 0 Å². The van der Waals surface area contributed by atoms with Gasteiger partial charge in [-0.15, -0.1) is 0 Å². The van der Waals surface area contributed by atoms with Crippen LogP contribution in [0.4, 0.5) is 0 Å². The molecule has 0 saturated heterocycles. The van der Waals surface area contributed by atoms with Gasteiger partial charge in [0.15, 0.2) is 0 Å². The Kier molecular flexibility index (Phi) is 3.09. The van der Waals surface area contributed by atoms with Gasteiger partial charge < -0.3 is 0 Å². The Labute approximate surface area is 96.9 Å². The van der Waals surface area contributed by atoms with E-state index in [1.54, 1.807) is 0 Å². The first-order valence-corrected chi connectivity index (χ1v) is 5.81. The number of aryl methyl sites for hydroxylation is 3. The molecule has 1 heterocycles. The van der Waals surface area contributed by atoms with Gasteiger partial charge in [0, 0.05) is 5.69 Å². The highest BCUT2D eigenvalue weighted by atomic mass is 15.3. The lowest BCUT2D eigenvalue weighted by molar-refractivity contribution is 0.793. The highest BCUT2D eigenvalue weighted by molar-refractivity contribution is 5.36. The first-order valence-electron chi connectivity index (χ1n) is 5.81. The molecule has 2 nitrogen and oxygen atoms in total. The lowest BCUT2D eigenvalue weighted by Gasteiger charge is -2.06. The molecule has 0 aliphatic heterocycles. The van der Waals surface area contributed by atoms with Crippen LogP contribution in [-0.2, 0) is 12.8 Å². The molecule has 0 fully saturated rings. The molecule has 0 saturated carbocycles. The lowest BCUT2D eigenvalue weighted by Crippen LogP contribution is -2.01. The summed E-state index contributed by atoms with van der Waals surface area (Å²) < 4.78 is 2.04. The molecule has 0 aliphatic rings. The molecule has 0 spiro atoms. The number of aromatic nitrogens is 2. The van der Waals surface area contributed by atoms with Gasteiger partial charge >= 0.3 is 0 Å². The zero-order chi connectivity index (χ0) is 11.5. The minimum absolute atomic E-state index is 0.984. The Hall–Kier alpha value is -1.57. The summed E-state index contributed by atoms with van der Waals surface area (Å²) in [5, 5.41) is 4.61. The van der Waals surface area contributed by atoms with Crippen LogP contribution < -0.4 is 0 Å². The van der Waals surface area contributed by atoms with E-state index in [-0.39, 0.29) is 0 Å². The second-order valence-corrected chi connectivity index (χ2v) is 3.98. The summed E-state index contributed by atoms with van der Waals surface area (Å²) in [6.45, 7) is 6.35. The summed E-state index contributed by atoms with van der Waals surface area (Å²) in [4.78, 5) is 0. The quantitative estimate of drug-likeness (QED) is 0.766. The van der Waals surface area contributed by atoms with E-state index in [0.29, 0.717) is 0 Å². The van der Waals surface area contributed by atoms with Crippen LogP contribution in [0.1, 0.15) is 30.8 Å². The van der Waals surface area contributed by atoms with E-state index >= 15 is 0 Å². The fourth-order valence-corrected chi connectivity index (χ4v) is 1.83. The van der Waals surface area contributed by atoms with Crippen molar-refractivity contribution in [2.24, 2.45) is 0 Å². The third kappa shape index (κ3) is 2.01. The van der Waals surface area contributed by atoms with Crippen molar-refractivity contribution >= 4 is 0 Å². The first kappa shape index (κ1) is 10.9. The van der Waals surface area contributed by atoms with Crippen LogP contribution in [0.25, 0.3) is 5.69 Å². The number of benzene rings is 1. The standard InChI is InChI=1S/C14H17N2/c1-4-12-10-13(5-2)16(15-12)14-8-6-7-11(3)9-14/h6,8-10H,4-5H2,1-3H3. The maximum atomic E-state index is 4.61. The molecular weight excluding hydrogens is 196 g/mol. The average Bonchev–Trinajstić information content (AvgIpc) is 2.72. The Bertz CT molecular complexity index is 483. The minimum Gasteiger partial charge on any atom is -0.238 e. The maximum absolute atomic E-state index is 4.61. The second kappa shape index (κ2) is 4.52. The van der Waals surface area contributed by atoms with Gasteiger partial charge in [0.05, 0.1) is 11.4 Å². The van der Waals surface area contributed by atoms with Gasteiger partial charge in [0.2, 0.25) is 0 Å². The summed E-state index contributed by atoms with van der Waals surface area (Å²) >= 11 is 0. The highest BCUT2D eigenvalue weighted by Gasteiger charge is 2.06. The van der Waals surface area contributed by atoms with E-state index in [0.717, 1.165) is 29.8 Å². The van der Waals surface area contributed by atoms with Crippen molar-refractivity contribution in [2.75, 3.05) is 0 Å². The number of nitrogens with zero attached hydrogens (tertiary/aromatic N) is 2. The number of hydrogen-bond donors (Lipinski definition) is 0. The average molecular weight is 213 g/mol. The predicted molar refractivity (Wildman–Crippen MR) is 65.9 cm³/mol. The second-order valence-electron chi connectivity index (χ2n) is 3.98. The van der Waals surface area contributed by atoms with Crippen molar-refractivity contribution in [3.8, 4) is 5.69 Å². The van der Waals surface area contributed by atoms with Crippen LogP contribution in [0.2, 0.25) is 0 Å². The van der Waals surface area contributed by atoms with E-state index in [1.165, 1.54) is 5.69 Å². The van der Waals surface area contributed by atoms with Crippen molar-refractivity contribution in [2.45, 2.75) is 33.6 Å². The number of rotatable bonds is 3. The van der Waals surface area contributed by atoms with Crippen LogP contribution in [0.5, 0.6) is 0 Å². The van der Waals surface area contributed by atoms with Crippen molar-refractivity contribution in [3.05, 3.63) is 47.3 Å². The molecule has 16 heavy (non-hydrogen) atoms. The first-order chi connectivity index (χ1) is 7.74. The smallest absolute Gasteiger partial charge is 0.0651 e. The third-order valence-electron chi connectivity index (χ3n) is 2.73. The van der Waals surface area contributed by atoms with Gasteiger partial charge in [-0.3, -0.25) is 0 Å². The zero-order valence-electron chi connectivity index (χ0n) is 10.1. The molecule has 2 aromatic rings. The molecular formula is C14H17N2. The Morgan fingerprint density at radius 2 is 2.06 bits per heavy atom. The topological polar surface area (TPSA) is 17.8 Å². The highest BCUT2D eigenvalue weighted by Crippen LogP contribution is 2.14.